The fraction of sp³-hybridized carbons (Fsp3) is 0.462. The molecule has 0 spiro atoms. The first-order valence-electron chi connectivity index (χ1n) is 6.04. The molecular formula is C13H19N3O3. The van der Waals surface area contributed by atoms with Gasteiger partial charge in [0.25, 0.3) is 0 Å². The summed E-state index contributed by atoms with van der Waals surface area (Å²) in [6.45, 7) is 5.74. The minimum Gasteiger partial charge on any atom is -0.462 e. The standard InChI is InChI=1S/C13H19N3O3/c1-4-19-11(17)9-6-5-7-15-10(9)16-8-13(2,3)12(14)18/h5-7H,4,8H2,1-3H3,(H2,14,18)(H,15,16). The second-order valence-corrected chi connectivity index (χ2v) is 4.72. The Kier molecular flexibility index (Phi) is 4.86. The van der Waals surface area contributed by atoms with E-state index in [9.17, 15) is 9.59 Å². The number of amides is 1. The highest BCUT2D eigenvalue weighted by atomic mass is 16.5. The van der Waals surface area contributed by atoms with Crippen molar-refractivity contribution in [2.75, 3.05) is 18.5 Å². The first-order valence-corrected chi connectivity index (χ1v) is 6.04. The highest BCUT2D eigenvalue weighted by Gasteiger charge is 2.25. The molecule has 0 radical (unpaired) electrons. The monoisotopic (exact) mass is 265 g/mol. The molecular weight excluding hydrogens is 246 g/mol. The summed E-state index contributed by atoms with van der Waals surface area (Å²) >= 11 is 0. The van der Waals surface area contributed by atoms with E-state index >= 15 is 0 Å². The van der Waals surface area contributed by atoms with E-state index in [0.29, 0.717) is 18.0 Å². The second-order valence-electron chi connectivity index (χ2n) is 4.72. The summed E-state index contributed by atoms with van der Waals surface area (Å²) in [4.78, 5) is 27.0. The predicted molar refractivity (Wildman–Crippen MR) is 71.7 cm³/mol. The SMILES string of the molecule is CCOC(=O)c1cccnc1NCC(C)(C)C(N)=O. The lowest BCUT2D eigenvalue weighted by Gasteiger charge is -2.21. The number of nitrogens with one attached hydrogen (secondary N) is 1. The van der Waals surface area contributed by atoms with Crippen molar-refractivity contribution in [1.29, 1.82) is 0 Å². The average molecular weight is 265 g/mol. The maximum absolute atomic E-state index is 11.7. The fourth-order valence-corrected chi connectivity index (χ4v) is 1.31. The van der Waals surface area contributed by atoms with Crippen molar-refractivity contribution in [2.24, 2.45) is 11.1 Å². The van der Waals surface area contributed by atoms with Gasteiger partial charge in [-0.2, -0.15) is 0 Å². The van der Waals surface area contributed by atoms with Crippen LogP contribution in [0.1, 0.15) is 31.1 Å². The molecule has 19 heavy (non-hydrogen) atoms. The number of nitrogens with two attached hydrogens (primary N) is 1. The maximum Gasteiger partial charge on any atom is 0.341 e. The molecule has 0 unspecified atom stereocenters. The lowest BCUT2D eigenvalue weighted by molar-refractivity contribution is -0.125. The van der Waals surface area contributed by atoms with Crippen molar-refractivity contribution >= 4 is 17.7 Å². The van der Waals surface area contributed by atoms with Gasteiger partial charge in [0.2, 0.25) is 5.91 Å². The number of primary amides is 1. The third kappa shape index (κ3) is 3.94. The topological polar surface area (TPSA) is 94.3 Å². The number of carbonyl (C=O) groups excluding carboxylic acids is 2. The van der Waals surface area contributed by atoms with Crippen molar-refractivity contribution in [3.8, 4) is 0 Å². The van der Waals surface area contributed by atoms with Crippen molar-refractivity contribution in [3.63, 3.8) is 0 Å². The molecule has 1 aromatic rings. The average Bonchev–Trinajstić information content (AvgIpc) is 2.37. The molecule has 0 fully saturated rings. The van der Waals surface area contributed by atoms with Crippen LogP contribution in [-0.2, 0) is 9.53 Å². The van der Waals surface area contributed by atoms with E-state index in [2.05, 4.69) is 10.3 Å². The highest BCUT2D eigenvalue weighted by molar-refractivity contribution is 5.94. The van der Waals surface area contributed by atoms with Gasteiger partial charge in [-0.3, -0.25) is 4.79 Å². The van der Waals surface area contributed by atoms with Gasteiger partial charge in [-0.05, 0) is 32.9 Å². The van der Waals surface area contributed by atoms with E-state index in [-0.39, 0.29) is 6.54 Å². The Labute approximate surface area is 112 Å². The van der Waals surface area contributed by atoms with Crippen LogP contribution < -0.4 is 11.1 Å². The summed E-state index contributed by atoms with van der Waals surface area (Å²) < 4.78 is 4.94. The number of aromatic nitrogens is 1. The summed E-state index contributed by atoms with van der Waals surface area (Å²) in [7, 11) is 0. The van der Waals surface area contributed by atoms with Gasteiger partial charge in [0.1, 0.15) is 11.4 Å². The lowest BCUT2D eigenvalue weighted by atomic mass is 9.93. The number of ether oxygens (including phenoxy) is 1. The van der Waals surface area contributed by atoms with Crippen molar-refractivity contribution in [2.45, 2.75) is 20.8 Å². The molecule has 1 rings (SSSR count). The van der Waals surface area contributed by atoms with Crippen LogP contribution >= 0.6 is 0 Å². The van der Waals surface area contributed by atoms with Gasteiger partial charge in [0.05, 0.1) is 12.0 Å². The van der Waals surface area contributed by atoms with Gasteiger partial charge in [-0.25, -0.2) is 9.78 Å². The number of pyridine rings is 1. The number of esters is 1. The van der Waals surface area contributed by atoms with Gasteiger partial charge < -0.3 is 15.8 Å². The maximum atomic E-state index is 11.7. The molecule has 0 saturated carbocycles. The predicted octanol–water partition coefficient (Wildman–Crippen LogP) is 1.18. The number of hydrogen-bond acceptors (Lipinski definition) is 5. The van der Waals surface area contributed by atoms with Crippen molar-refractivity contribution in [3.05, 3.63) is 23.9 Å². The third-order valence-electron chi connectivity index (χ3n) is 2.67. The molecule has 3 N–H and O–H groups in total. The van der Waals surface area contributed by atoms with E-state index in [0.717, 1.165) is 0 Å². The van der Waals surface area contributed by atoms with E-state index in [1.54, 1.807) is 39.1 Å². The Bertz CT molecular complexity index is 472. The first kappa shape index (κ1) is 14.9. The molecule has 104 valence electrons. The Morgan fingerprint density at radius 2 is 2.16 bits per heavy atom. The number of hydrogen-bond donors (Lipinski definition) is 2. The van der Waals surface area contributed by atoms with Crippen LogP contribution in [0.5, 0.6) is 0 Å². The minimum atomic E-state index is -0.733. The highest BCUT2D eigenvalue weighted by Crippen LogP contribution is 2.18. The molecule has 0 aliphatic rings. The van der Waals surface area contributed by atoms with Crippen LogP contribution in [0.3, 0.4) is 0 Å². The smallest absolute Gasteiger partial charge is 0.341 e. The molecule has 0 aliphatic carbocycles. The largest absolute Gasteiger partial charge is 0.462 e. The molecule has 6 heteroatoms. The van der Waals surface area contributed by atoms with Crippen molar-refractivity contribution in [1.82, 2.24) is 4.98 Å². The zero-order chi connectivity index (χ0) is 14.5. The minimum absolute atomic E-state index is 0.283. The quantitative estimate of drug-likeness (QED) is 0.753. The molecule has 6 nitrogen and oxygen atoms in total. The Hall–Kier alpha value is -2.11. The van der Waals surface area contributed by atoms with Gasteiger partial charge in [-0.15, -0.1) is 0 Å². The number of nitrogens with zero attached hydrogens (tertiary/aromatic N) is 1. The third-order valence-corrected chi connectivity index (χ3v) is 2.67. The zero-order valence-electron chi connectivity index (χ0n) is 11.4. The van der Waals surface area contributed by atoms with Gasteiger partial charge in [0.15, 0.2) is 0 Å². The summed E-state index contributed by atoms with van der Waals surface area (Å²) in [5, 5.41) is 2.96. The van der Waals surface area contributed by atoms with Crippen LogP contribution in [0.2, 0.25) is 0 Å². The molecule has 0 aliphatic heterocycles. The van der Waals surface area contributed by atoms with E-state index in [1.165, 1.54) is 0 Å². The number of anilines is 1. The Morgan fingerprint density at radius 1 is 1.47 bits per heavy atom. The Balaban J connectivity index is 2.84. The van der Waals surface area contributed by atoms with Gasteiger partial charge in [-0.1, -0.05) is 0 Å². The summed E-state index contributed by atoms with van der Waals surface area (Å²) in [6, 6.07) is 3.27. The van der Waals surface area contributed by atoms with Gasteiger partial charge >= 0.3 is 5.97 Å². The molecule has 1 amide bonds. The molecule has 1 aromatic heterocycles. The van der Waals surface area contributed by atoms with Crippen LogP contribution in [0.4, 0.5) is 5.82 Å². The number of rotatable bonds is 6. The fourth-order valence-electron chi connectivity index (χ4n) is 1.31. The molecule has 0 aromatic carbocycles. The van der Waals surface area contributed by atoms with E-state index < -0.39 is 17.3 Å². The summed E-state index contributed by atoms with van der Waals surface area (Å²) in [5.41, 5.74) is 4.89. The summed E-state index contributed by atoms with van der Waals surface area (Å²) in [6.07, 6.45) is 1.56. The lowest BCUT2D eigenvalue weighted by Crippen LogP contribution is -2.37. The molecule has 0 bridgehead atoms. The van der Waals surface area contributed by atoms with Crippen LogP contribution in [0, 0.1) is 5.41 Å². The van der Waals surface area contributed by atoms with Crippen LogP contribution in [-0.4, -0.2) is 30.0 Å². The first-order chi connectivity index (χ1) is 8.88. The molecule has 0 atom stereocenters. The zero-order valence-corrected chi connectivity index (χ0v) is 11.4. The Morgan fingerprint density at radius 3 is 2.74 bits per heavy atom. The second kappa shape index (κ2) is 6.17. The summed E-state index contributed by atoms with van der Waals surface area (Å²) in [5.74, 6) is -0.487. The van der Waals surface area contributed by atoms with E-state index in [1.807, 2.05) is 0 Å². The molecule has 0 saturated heterocycles. The van der Waals surface area contributed by atoms with Crippen LogP contribution in [0.15, 0.2) is 18.3 Å². The van der Waals surface area contributed by atoms with Crippen molar-refractivity contribution < 1.29 is 14.3 Å². The normalized spacial score (nSPS) is 10.9. The number of carbonyl (C=O) groups is 2. The molecule has 1 heterocycles. The van der Waals surface area contributed by atoms with Crippen LogP contribution in [0.25, 0.3) is 0 Å². The van der Waals surface area contributed by atoms with E-state index in [4.69, 9.17) is 10.5 Å². The van der Waals surface area contributed by atoms with Gasteiger partial charge in [0, 0.05) is 12.7 Å².